The van der Waals surface area contributed by atoms with Crippen molar-refractivity contribution in [1.82, 2.24) is 0 Å². The summed E-state index contributed by atoms with van der Waals surface area (Å²) in [4.78, 5) is 0. The molecule has 0 atom stereocenters. The maximum atomic E-state index is 7.62. The zero-order valence-corrected chi connectivity index (χ0v) is 15.8. The Morgan fingerprint density at radius 3 is 1.45 bits per heavy atom. The molecule has 0 nitrogen and oxygen atoms in total. The molecule has 1 aromatic rings. The molecule has 20 heavy (non-hydrogen) atoms. The molecule has 0 aliphatic carbocycles. The van der Waals surface area contributed by atoms with Crippen molar-refractivity contribution in [2.75, 3.05) is 0 Å². The maximum absolute atomic E-state index is 7.62. The summed E-state index contributed by atoms with van der Waals surface area (Å²) < 4.78 is 0. The molecule has 0 unspecified atom stereocenters. The van der Waals surface area contributed by atoms with E-state index >= 15 is 0 Å². The summed E-state index contributed by atoms with van der Waals surface area (Å²) >= 11 is 7.62. The average Bonchev–Trinajstić information content (AvgIpc) is 2.53. The smallest absolute Gasteiger partial charge is 0.160 e. The molecule has 1 rings (SSSR count). The van der Waals surface area contributed by atoms with Gasteiger partial charge in [-0.15, -0.1) is 0 Å². The monoisotopic (exact) mass is 310 g/mol. The van der Waals surface area contributed by atoms with Crippen LogP contribution in [0.2, 0.25) is 10.1 Å². The average molecular weight is 311 g/mol. The minimum atomic E-state index is -2.16. The van der Waals surface area contributed by atoms with Gasteiger partial charge >= 0.3 is 0 Å². The van der Waals surface area contributed by atoms with Gasteiger partial charge in [-0.3, -0.25) is 0 Å². The summed E-state index contributed by atoms with van der Waals surface area (Å²) in [5.74, 6) is 0. The summed E-state index contributed by atoms with van der Waals surface area (Å²) in [5.41, 5.74) is 0. The van der Waals surface area contributed by atoms with E-state index in [2.05, 4.69) is 71.9 Å². The van der Waals surface area contributed by atoms with Crippen LogP contribution in [0.1, 0.15) is 67.2 Å². The Morgan fingerprint density at radius 1 is 0.800 bits per heavy atom. The fourth-order valence-corrected chi connectivity index (χ4v) is 11.0. The van der Waals surface area contributed by atoms with Crippen LogP contribution in [-0.4, -0.2) is 7.38 Å². The molecule has 0 saturated carbocycles. The molecule has 0 fully saturated rings. The molecular formula is C18H31ClSi. The molecule has 0 heterocycles. The highest BCUT2D eigenvalue weighted by atomic mass is 35.6. The predicted molar refractivity (Wildman–Crippen MR) is 95.6 cm³/mol. The lowest BCUT2D eigenvalue weighted by atomic mass is 10.0. The van der Waals surface area contributed by atoms with Crippen LogP contribution in [0.15, 0.2) is 30.3 Å². The van der Waals surface area contributed by atoms with Gasteiger partial charge in [0.15, 0.2) is 7.38 Å². The number of halogens is 1. The lowest BCUT2D eigenvalue weighted by Crippen LogP contribution is -2.59. The first-order valence-electron chi connectivity index (χ1n) is 8.09. The Kier molecular flexibility index (Phi) is 5.92. The lowest BCUT2D eigenvalue weighted by molar-refractivity contribution is 0.477. The highest BCUT2D eigenvalue weighted by Crippen LogP contribution is 2.60. The molecular weight excluding hydrogens is 280 g/mol. The Hall–Kier alpha value is -0.273. The summed E-state index contributed by atoms with van der Waals surface area (Å²) in [6, 6.07) is 10.9. The van der Waals surface area contributed by atoms with Crippen molar-refractivity contribution in [2.45, 2.75) is 77.3 Å². The molecule has 0 bridgehead atoms. The van der Waals surface area contributed by atoms with Gasteiger partial charge in [0.25, 0.3) is 0 Å². The van der Waals surface area contributed by atoms with Gasteiger partial charge in [-0.2, -0.15) is 11.1 Å². The van der Waals surface area contributed by atoms with Gasteiger partial charge in [0, 0.05) is 0 Å². The van der Waals surface area contributed by atoms with Crippen molar-refractivity contribution in [3.05, 3.63) is 30.3 Å². The van der Waals surface area contributed by atoms with Crippen LogP contribution in [0.3, 0.4) is 0 Å². The van der Waals surface area contributed by atoms with Crippen LogP contribution in [0.5, 0.6) is 0 Å². The summed E-state index contributed by atoms with van der Waals surface area (Å²) in [6.45, 7) is 14.1. The predicted octanol–water partition coefficient (Wildman–Crippen LogP) is 6.24. The van der Waals surface area contributed by atoms with E-state index in [1.165, 1.54) is 5.19 Å². The Bertz CT molecular complexity index is 387. The molecule has 0 radical (unpaired) electrons. The Labute approximate surface area is 131 Å². The summed E-state index contributed by atoms with van der Waals surface area (Å²) in [6.07, 6.45) is 4.63. The maximum Gasteiger partial charge on any atom is 0.198 e. The van der Waals surface area contributed by atoms with Gasteiger partial charge < -0.3 is 0 Å². The Balaban J connectivity index is 3.57. The van der Waals surface area contributed by atoms with Crippen LogP contribution in [-0.2, 0) is 0 Å². The molecule has 1 aromatic carbocycles. The highest BCUT2D eigenvalue weighted by Gasteiger charge is 2.58. The van der Waals surface area contributed by atoms with Crippen molar-refractivity contribution in [3.8, 4) is 0 Å². The standard InChI is InChI=1S/C18H31ClSi/c1-7-17(5,8-2)20(19,18(6,9-3)10-4)16-14-12-11-13-15-16/h11-15H,7-10H2,1-6H3. The molecule has 0 N–H and O–H groups in total. The van der Waals surface area contributed by atoms with E-state index in [0.717, 1.165) is 25.7 Å². The van der Waals surface area contributed by atoms with Gasteiger partial charge in [0.05, 0.1) is 0 Å². The third-order valence-corrected chi connectivity index (χ3v) is 15.2. The minimum absolute atomic E-state index is 0.233. The number of rotatable bonds is 7. The summed E-state index contributed by atoms with van der Waals surface area (Å²) in [7, 11) is -2.16. The van der Waals surface area contributed by atoms with E-state index < -0.39 is 7.38 Å². The van der Waals surface area contributed by atoms with Crippen LogP contribution in [0, 0.1) is 0 Å². The third-order valence-electron chi connectivity index (χ3n) is 5.96. The number of hydrogen-bond acceptors (Lipinski definition) is 0. The topological polar surface area (TPSA) is 0 Å². The number of benzene rings is 1. The zero-order chi connectivity index (χ0) is 15.4. The third kappa shape index (κ3) is 2.59. The van der Waals surface area contributed by atoms with Crippen molar-refractivity contribution >= 4 is 23.6 Å². The van der Waals surface area contributed by atoms with Crippen molar-refractivity contribution in [3.63, 3.8) is 0 Å². The molecule has 0 aliphatic heterocycles. The van der Waals surface area contributed by atoms with Crippen molar-refractivity contribution < 1.29 is 0 Å². The van der Waals surface area contributed by atoms with Crippen molar-refractivity contribution in [2.24, 2.45) is 0 Å². The fourth-order valence-electron chi connectivity index (χ4n) is 3.57. The van der Waals surface area contributed by atoms with Crippen LogP contribution in [0.4, 0.5) is 0 Å². The van der Waals surface area contributed by atoms with Gasteiger partial charge in [0.1, 0.15) is 0 Å². The molecule has 114 valence electrons. The van der Waals surface area contributed by atoms with E-state index in [4.69, 9.17) is 11.1 Å². The molecule has 0 aromatic heterocycles. The first kappa shape index (κ1) is 17.8. The minimum Gasteiger partial charge on any atom is -0.160 e. The van der Waals surface area contributed by atoms with Gasteiger partial charge in [-0.1, -0.05) is 97.6 Å². The molecule has 2 heteroatoms. The van der Waals surface area contributed by atoms with Crippen LogP contribution >= 0.6 is 11.1 Å². The zero-order valence-electron chi connectivity index (χ0n) is 14.1. The van der Waals surface area contributed by atoms with Gasteiger partial charge in [0.2, 0.25) is 0 Å². The molecule has 0 spiro atoms. The van der Waals surface area contributed by atoms with E-state index in [9.17, 15) is 0 Å². The SMILES string of the molecule is CCC(C)(CC)[Si](Cl)(c1ccccc1)C(C)(CC)CC. The van der Waals surface area contributed by atoms with E-state index in [-0.39, 0.29) is 10.1 Å². The van der Waals surface area contributed by atoms with Crippen LogP contribution < -0.4 is 5.19 Å². The quantitative estimate of drug-likeness (QED) is 0.413. The normalized spacial score (nSPS) is 13.6. The molecule has 0 saturated heterocycles. The van der Waals surface area contributed by atoms with Crippen molar-refractivity contribution in [1.29, 1.82) is 0 Å². The van der Waals surface area contributed by atoms with E-state index in [0.29, 0.717) is 0 Å². The highest BCUT2D eigenvalue weighted by molar-refractivity contribution is 7.30. The van der Waals surface area contributed by atoms with Gasteiger partial charge in [-0.05, 0) is 15.3 Å². The number of hydrogen-bond donors (Lipinski definition) is 0. The second kappa shape index (κ2) is 6.66. The van der Waals surface area contributed by atoms with Gasteiger partial charge in [-0.25, -0.2) is 0 Å². The summed E-state index contributed by atoms with van der Waals surface area (Å²) in [5, 5.41) is 1.88. The molecule has 0 aliphatic rings. The first-order valence-corrected chi connectivity index (χ1v) is 11.1. The van der Waals surface area contributed by atoms with Crippen LogP contribution in [0.25, 0.3) is 0 Å². The second-order valence-electron chi connectivity index (χ2n) is 6.56. The second-order valence-corrected chi connectivity index (χ2v) is 12.6. The van der Waals surface area contributed by atoms with E-state index in [1.54, 1.807) is 0 Å². The largest absolute Gasteiger partial charge is 0.198 e. The van der Waals surface area contributed by atoms with E-state index in [1.807, 2.05) is 0 Å². The lowest BCUT2D eigenvalue weighted by Gasteiger charge is -2.52. The first-order chi connectivity index (χ1) is 9.35. The molecule has 0 amide bonds. The Morgan fingerprint density at radius 2 is 1.15 bits per heavy atom. The fraction of sp³-hybridized carbons (Fsp3) is 0.667.